The number of rotatable bonds is 7. The van der Waals surface area contributed by atoms with Gasteiger partial charge in [0.15, 0.2) is 16.1 Å². The van der Waals surface area contributed by atoms with E-state index in [1.54, 1.807) is 0 Å². The van der Waals surface area contributed by atoms with Gasteiger partial charge in [-0.15, -0.1) is 0 Å². The second-order valence-corrected chi connectivity index (χ2v) is 6.73. The van der Waals surface area contributed by atoms with E-state index in [-0.39, 0.29) is 6.29 Å². The average molecular weight is 382 g/mol. The van der Waals surface area contributed by atoms with Crippen molar-refractivity contribution in [2.24, 2.45) is 0 Å². The number of hydrogen-bond acceptors (Lipinski definition) is 7. The van der Waals surface area contributed by atoms with Crippen LogP contribution in [0.25, 0.3) is 0 Å². The van der Waals surface area contributed by atoms with E-state index in [1.165, 1.54) is 0 Å². The van der Waals surface area contributed by atoms with Crippen LogP contribution in [0.4, 0.5) is 0 Å². The van der Waals surface area contributed by atoms with Crippen LogP contribution in [0.1, 0.15) is 0 Å². The SMILES string of the molecule is O=C[C@H](O)[C@@H](O)[C@H](O)[C@H](O)CO.[O-][S+](c1ccccc1)c1ccccc1. The lowest BCUT2D eigenvalue weighted by Gasteiger charge is -2.22. The molecule has 0 aliphatic heterocycles. The number of carbonyl (C=O) groups excluding carboxylic acids is 1. The number of benzene rings is 2. The molecule has 8 heteroatoms. The maximum Gasteiger partial charge on any atom is 0.158 e. The van der Waals surface area contributed by atoms with Crippen LogP contribution < -0.4 is 0 Å². The Hall–Kier alpha value is -1.78. The highest BCUT2D eigenvalue weighted by Gasteiger charge is 2.29. The van der Waals surface area contributed by atoms with Gasteiger partial charge in [-0.25, -0.2) is 0 Å². The smallest absolute Gasteiger partial charge is 0.158 e. The molecule has 26 heavy (non-hydrogen) atoms. The summed E-state index contributed by atoms with van der Waals surface area (Å²) in [4.78, 5) is 11.6. The van der Waals surface area contributed by atoms with Gasteiger partial charge in [0.25, 0.3) is 0 Å². The van der Waals surface area contributed by atoms with Gasteiger partial charge in [0.05, 0.1) is 6.61 Å². The molecular formula is C18H22O7S. The van der Waals surface area contributed by atoms with Gasteiger partial charge in [-0.3, -0.25) is 0 Å². The monoisotopic (exact) mass is 382 g/mol. The van der Waals surface area contributed by atoms with Gasteiger partial charge in [0.2, 0.25) is 0 Å². The fourth-order valence-electron chi connectivity index (χ4n) is 1.84. The van der Waals surface area contributed by atoms with Crippen molar-refractivity contribution in [1.29, 1.82) is 0 Å². The van der Waals surface area contributed by atoms with Crippen LogP contribution >= 0.6 is 0 Å². The molecule has 0 unspecified atom stereocenters. The molecule has 2 aromatic rings. The molecular weight excluding hydrogens is 360 g/mol. The van der Waals surface area contributed by atoms with Crippen molar-refractivity contribution in [3.8, 4) is 0 Å². The third kappa shape index (κ3) is 6.85. The summed E-state index contributed by atoms with van der Waals surface area (Å²) < 4.78 is 12.0. The summed E-state index contributed by atoms with van der Waals surface area (Å²) in [6.45, 7) is -0.760. The number of hydrogen-bond donors (Lipinski definition) is 5. The zero-order valence-electron chi connectivity index (χ0n) is 13.8. The Morgan fingerprint density at radius 2 is 1.27 bits per heavy atom. The molecule has 4 atom stereocenters. The van der Waals surface area contributed by atoms with Crippen LogP contribution in [0.5, 0.6) is 0 Å². The Kier molecular flexibility index (Phi) is 10.1. The van der Waals surface area contributed by atoms with Crippen molar-refractivity contribution in [2.75, 3.05) is 6.61 Å². The lowest BCUT2D eigenvalue weighted by atomic mass is 10.0. The first kappa shape index (κ1) is 22.3. The Morgan fingerprint density at radius 1 is 0.846 bits per heavy atom. The van der Waals surface area contributed by atoms with Crippen LogP contribution in [0.2, 0.25) is 0 Å². The van der Waals surface area contributed by atoms with Gasteiger partial charge in [-0.1, -0.05) is 36.4 Å². The molecule has 0 fully saturated rings. The molecule has 0 heterocycles. The molecule has 5 N–H and O–H groups in total. The standard InChI is InChI=1S/C12H10OS.C6H12O6/c13-14(11-7-3-1-4-8-11)12-9-5-2-6-10-12;7-1-3(9)5(11)6(12)4(10)2-8/h1-10H;1,3-6,8-12H,2H2/t;3-,4+,5+,6+/m.0/s1. The Bertz CT molecular complexity index is 586. The molecule has 0 saturated carbocycles. The van der Waals surface area contributed by atoms with Gasteiger partial charge in [-0.2, -0.15) is 0 Å². The van der Waals surface area contributed by atoms with E-state index in [0.29, 0.717) is 0 Å². The minimum absolute atomic E-state index is 0.0258. The summed E-state index contributed by atoms with van der Waals surface area (Å²) in [5.41, 5.74) is 0. The highest BCUT2D eigenvalue weighted by atomic mass is 32.2. The summed E-state index contributed by atoms with van der Waals surface area (Å²) in [5, 5.41) is 43.5. The van der Waals surface area contributed by atoms with E-state index in [0.717, 1.165) is 9.79 Å². The molecule has 2 aromatic carbocycles. The van der Waals surface area contributed by atoms with Crippen LogP contribution in [-0.4, -0.2) is 67.4 Å². The summed E-state index contributed by atoms with van der Waals surface area (Å²) in [6.07, 6.45) is -6.84. The van der Waals surface area contributed by atoms with Crippen molar-refractivity contribution in [3.63, 3.8) is 0 Å². The predicted octanol–water partition coefficient (Wildman–Crippen LogP) is -0.526. The highest BCUT2D eigenvalue weighted by molar-refractivity contribution is 7.91. The minimum atomic E-state index is -1.79. The molecule has 0 saturated heterocycles. The molecule has 0 bridgehead atoms. The van der Waals surface area contributed by atoms with Crippen molar-refractivity contribution in [3.05, 3.63) is 60.7 Å². The van der Waals surface area contributed by atoms with Crippen LogP contribution in [0.3, 0.4) is 0 Å². The highest BCUT2D eigenvalue weighted by Crippen LogP contribution is 2.19. The van der Waals surface area contributed by atoms with E-state index >= 15 is 0 Å². The lowest BCUT2D eigenvalue weighted by Crippen LogP contribution is -2.46. The van der Waals surface area contributed by atoms with Crippen molar-refractivity contribution < 1.29 is 34.9 Å². The normalized spacial score (nSPS) is 15.3. The number of aliphatic hydroxyl groups is 5. The molecule has 0 aliphatic carbocycles. The maximum atomic E-state index is 12.0. The van der Waals surface area contributed by atoms with E-state index in [9.17, 15) is 9.35 Å². The number of aliphatic hydroxyl groups excluding tert-OH is 5. The quantitative estimate of drug-likeness (QED) is 0.320. The minimum Gasteiger partial charge on any atom is -0.606 e. The summed E-state index contributed by atoms with van der Waals surface area (Å²) in [6, 6.07) is 19.0. The first-order chi connectivity index (χ1) is 12.4. The van der Waals surface area contributed by atoms with E-state index in [1.807, 2.05) is 60.7 Å². The zero-order valence-corrected chi connectivity index (χ0v) is 14.6. The van der Waals surface area contributed by atoms with E-state index in [2.05, 4.69) is 0 Å². The van der Waals surface area contributed by atoms with Crippen molar-refractivity contribution in [1.82, 2.24) is 0 Å². The first-order valence-corrected chi connectivity index (χ1v) is 8.87. The van der Waals surface area contributed by atoms with Crippen molar-refractivity contribution >= 4 is 17.5 Å². The Labute approximate surface area is 154 Å². The first-order valence-electron chi connectivity index (χ1n) is 7.72. The predicted molar refractivity (Wildman–Crippen MR) is 94.7 cm³/mol. The van der Waals surface area contributed by atoms with E-state index < -0.39 is 42.2 Å². The molecule has 0 spiro atoms. The maximum absolute atomic E-state index is 12.0. The zero-order chi connectivity index (χ0) is 19.5. The molecule has 0 aromatic heterocycles. The second kappa shape index (κ2) is 11.8. The molecule has 0 radical (unpaired) electrons. The van der Waals surface area contributed by atoms with Gasteiger partial charge in [-0.05, 0) is 24.3 Å². The second-order valence-electron chi connectivity index (χ2n) is 5.25. The summed E-state index contributed by atoms with van der Waals surface area (Å²) in [7, 11) is 0. The molecule has 0 amide bonds. The summed E-state index contributed by atoms with van der Waals surface area (Å²) in [5.74, 6) is 0. The van der Waals surface area contributed by atoms with Crippen LogP contribution in [0.15, 0.2) is 70.5 Å². The van der Waals surface area contributed by atoms with Crippen molar-refractivity contribution in [2.45, 2.75) is 34.2 Å². The van der Waals surface area contributed by atoms with Gasteiger partial charge >= 0.3 is 0 Å². The third-order valence-electron chi connectivity index (χ3n) is 3.34. The molecule has 2 rings (SSSR count). The lowest BCUT2D eigenvalue weighted by molar-refractivity contribution is -0.136. The average Bonchev–Trinajstić information content (AvgIpc) is 2.72. The van der Waals surface area contributed by atoms with Gasteiger partial charge in [0.1, 0.15) is 24.4 Å². The van der Waals surface area contributed by atoms with Crippen LogP contribution in [0, 0.1) is 0 Å². The van der Waals surface area contributed by atoms with Crippen LogP contribution in [-0.2, 0) is 16.0 Å². The fraction of sp³-hybridized carbons (Fsp3) is 0.278. The molecule has 142 valence electrons. The Balaban J connectivity index is 0.000000265. The fourth-order valence-corrected chi connectivity index (χ4v) is 2.92. The third-order valence-corrected chi connectivity index (χ3v) is 4.74. The number of aldehydes is 1. The number of carbonyl (C=O) groups is 1. The largest absolute Gasteiger partial charge is 0.606 e. The van der Waals surface area contributed by atoms with E-state index in [4.69, 9.17) is 25.5 Å². The summed E-state index contributed by atoms with van der Waals surface area (Å²) >= 11 is -1.05. The van der Waals surface area contributed by atoms with Gasteiger partial charge in [0, 0.05) is 11.2 Å². The Morgan fingerprint density at radius 3 is 1.62 bits per heavy atom. The van der Waals surface area contributed by atoms with Gasteiger partial charge < -0.3 is 34.9 Å². The molecule has 0 aliphatic rings. The topological polar surface area (TPSA) is 141 Å². The molecule has 7 nitrogen and oxygen atoms in total.